The first-order valence-corrected chi connectivity index (χ1v) is 28.7. The molecular weight excluding hydrogens is 1130 g/mol. The highest BCUT2D eigenvalue weighted by atomic mass is 35.5. The fourth-order valence-corrected chi connectivity index (χ4v) is 10.7. The third-order valence-corrected chi connectivity index (χ3v) is 14.8. The molecule has 2 aromatic heterocycles. The van der Waals surface area contributed by atoms with Crippen LogP contribution in [0.5, 0.6) is 0 Å². The third-order valence-electron chi connectivity index (χ3n) is 12.0. The zero-order chi connectivity index (χ0) is 59.7. The number of ether oxygens (including phenoxy) is 1. The SMILES string of the molecule is CCC/C(=N\OCC)C1=C(O)CC(CC(C)SCC)CC1=O.CCOC(=O)C1=NOC(c2ccccc2)(c2ccccc2)C1.Cc1[nH]n(C)c(=O)c1C(=O)c1ccc(C(F)(F)F)cc1S(C)(=O)=O.Nc1cc(Cl)nc(C(=O)O)c1Cl. The minimum atomic E-state index is -4.76. The van der Waals surface area contributed by atoms with Gasteiger partial charge in [0.25, 0.3) is 5.56 Å². The number of alkyl halides is 3. The quantitative estimate of drug-likeness (QED) is 0.0222. The molecule has 5 N–H and O–H groups in total. The maximum absolute atomic E-state index is 12.8. The smallest absolute Gasteiger partial charge is 0.416 e. The van der Waals surface area contributed by atoms with E-state index >= 15 is 0 Å². The van der Waals surface area contributed by atoms with Gasteiger partial charge >= 0.3 is 18.1 Å². The number of allylic oxidation sites excluding steroid dienone is 2. The van der Waals surface area contributed by atoms with Crippen molar-refractivity contribution >= 4 is 85.4 Å². The summed E-state index contributed by atoms with van der Waals surface area (Å²) in [6.07, 6.45) is -0.148. The molecule has 18 nitrogen and oxygen atoms in total. The number of aromatic nitrogens is 3. The van der Waals surface area contributed by atoms with Crippen molar-refractivity contribution in [2.24, 2.45) is 23.3 Å². The third kappa shape index (κ3) is 17.3. The van der Waals surface area contributed by atoms with E-state index in [1.165, 1.54) is 20.0 Å². The number of H-pyrrole nitrogens is 1. The normalized spacial score (nSPS) is 15.4. The Morgan fingerprint density at radius 1 is 0.988 bits per heavy atom. The molecule has 0 amide bonds. The van der Waals surface area contributed by atoms with E-state index in [2.05, 4.69) is 34.2 Å². The van der Waals surface area contributed by atoms with Crippen LogP contribution in [0.15, 0.2) is 116 Å². The number of aromatic carboxylic acids is 1. The molecular formula is C55H63Cl2F3N6O12S2. The zero-order valence-electron chi connectivity index (χ0n) is 45.2. The van der Waals surface area contributed by atoms with Crippen molar-refractivity contribution in [2.75, 3.05) is 31.0 Å². The average Bonchev–Trinajstić information content (AvgIpc) is 3.97. The summed E-state index contributed by atoms with van der Waals surface area (Å²) in [5.41, 5.74) is 5.08. The first-order valence-electron chi connectivity index (χ1n) is 25.0. The van der Waals surface area contributed by atoms with E-state index < -0.39 is 60.9 Å². The summed E-state index contributed by atoms with van der Waals surface area (Å²) >= 11 is 12.9. The van der Waals surface area contributed by atoms with Crippen LogP contribution < -0.4 is 11.3 Å². The lowest BCUT2D eigenvalue weighted by atomic mass is 9.82. The number of benzene rings is 3. The molecule has 1 aliphatic carbocycles. The zero-order valence-corrected chi connectivity index (χ0v) is 48.3. The van der Waals surface area contributed by atoms with Crippen molar-refractivity contribution < 1.29 is 65.4 Å². The number of carboxylic acid groups (broad SMARTS) is 1. The first-order chi connectivity index (χ1) is 37.6. The van der Waals surface area contributed by atoms with Gasteiger partial charge in [-0.25, -0.2) is 23.0 Å². The van der Waals surface area contributed by atoms with Gasteiger partial charge in [0.1, 0.15) is 23.1 Å². The summed E-state index contributed by atoms with van der Waals surface area (Å²) in [4.78, 5) is 73.0. The second-order valence-electron chi connectivity index (χ2n) is 18.1. The van der Waals surface area contributed by atoms with Gasteiger partial charge in [-0.2, -0.15) is 24.9 Å². The van der Waals surface area contributed by atoms with Crippen molar-refractivity contribution in [1.82, 2.24) is 14.8 Å². The Balaban J connectivity index is 0.000000235. The number of aryl methyl sites for hydroxylation is 2. The number of oxime groups is 2. The monoisotopic (exact) mass is 1190 g/mol. The number of nitrogen functional groups attached to an aromatic ring is 1. The maximum Gasteiger partial charge on any atom is 0.416 e. The molecule has 0 saturated carbocycles. The number of ketones is 2. The van der Waals surface area contributed by atoms with Gasteiger partial charge in [0.05, 0.1) is 45.5 Å². The molecule has 0 spiro atoms. The summed E-state index contributed by atoms with van der Waals surface area (Å²) in [6.45, 7) is 12.2. The molecule has 25 heteroatoms. The number of sulfone groups is 1. The number of Topliss-reactive ketones (excluding diaryl/α,β-unsaturated/α-hetero) is 1. The average molecular weight is 1190 g/mol. The van der Waals surface area contributed by atoms with Crippen LogP contribution in [0.25, 0.3) is 0 Å². The molecule has 0 radical (unpaired) electrons. The predicted octanol–water partition coefficient (Wildman–Crippen LogP) is 11.1. The maximum atomic E-state index is 12.8. The van der Waals surface area contributed by atoms with E-state index in [1.807, 2.05) is 86.3 Å². The number of aromatic amines is 1. The largest absolute Gasteiger partial charge is 0.511 e. The molecule has 2 aliphatic rings. The van der Waals surface area contributed by atoms with Crippen LogP contribution in [-0.4, -0.2) is 98.8 Å². The van der Waals surface area contributed by atoms with Gasteiger partial charge in [0.15, 0.2) is 32.6 Å². The molecule has 2 unspecified atom stereocenters. The molecule has 0 bridgehead atoms. The number of carbonyl (C=O) groups is 4. The number of hydrogen-bond acceptors (Lipinski definition) is 16. The van der Waals surface area contributed by atoms with Gasteiger partial charge in [-0.15, -0.1) is 0 Å². The Hall–Kier alpha value is -6.95. The van der Waals surface area contributed by atoms with E-state index in [9.17, 15) is 50.7 Å². The van der Waals surface area contributed by atoms with Crippen LogP contribution in [0.4, 0.5) is 18.9 Å². The minimum Gasteiger partial charge on any atom is -0.511 e. The second-order valence-corrected chi connectivity index (χ2v) is 22.6. The summed E-state index contributed by atoms with van der Waals surface area (Å²) < 4.78 is 68.1. The topological polar surface area (TPSA) is 272 Å². The van der Waals surface area contributed by atoms with Gasteiger partial charge in [-0.3, -0.25) is 24.2 Å². The number of carboxylic acids is 1. The van der Waals surface area contributed by atoms with Crippen LogP contribution in [-0.2, 0) is 52.7 Å². The summed E-state index contributed by atoms with van der Waals surface area (Å²) in [5, 5.41) is 30.0. The second kappa shape index (κ2) is 29.5. The number of nitrogens with zero attached hydrogens (tertiary/aromatic N) is 4. The summed E-state index contributed by atoms with van der Waals surface area (Å²) in [5.74, 6) is -1.11. The first kappa shape index (κ1) is 65.6. The number of aliphatic hydroxyl groups is 1. The van der Waals surface area contributed by atoms with Crippen LogP contribution in [0.1, 0.15) is 122 Å². The number of thioether (sulfide) groups is 1. The predicted molar refractivity (Wildman–Crippen MR) is 301 cm³/mol. The molecule has 3 heterocycles. The van der Waals surface area contributed by atoms with E-state index in [4.69, 9.17) is 48.5 Å². The fraction of sp³-hybridized carbons (Fsp3) is 0.382. The van der Waals surface area contributed by atoms with E-state index in [-0.39, 0.29) is 50.3 Å². The van der Waals surface area contributed by atoms with Gasteiger partial charge in [-0.05, 0) is 69.5 Å². The number of rotatable bonds is 17. The highest BCUT2D eigenvalue weighted by molar-refractivity contribution is 7.99. The van der Waals surface area contributed by atoms with Gasteiger partial charge in [0.2, 0.25) is 5.78 Å². The number of nitrogens with one attached hydrogen (secondary N) is 1. The molecule has 2 atom stereocenters. The molecule has 1 aliphatic heterocycles. The molecule has 5 aromatic rings. The number of halogens is 5. The summed E-state index contributed by atoms with van der Waals surface area (Å²) in [7, 11) is -2.77. The Bertz CT molecular complexity index is 3240. The Morgan fingerprint density at radius 3 is 2.09 bits per heavy atom. The number of pyridine rings is 1. The molecule has 3 aromatic carbocycles. The fourth-order valence-electron chi connectivity index (χ4n) is 8.47. The minimum absolute atomic E-state index is 0.00861. The van der Waals surface area contributed by atoms with Crippen LogP contribution in [0.3, 0.4) is 0 Å². The number of carbonyl (C=O) groups excluding carboxylic acids is 3. The van der Waals surface area contributed by atoms with Crippen LogP contribution >= 0.6 is 35.0 Å². The van der Waals surface area contributed by atoms with E-state index in [1.54, 1.807) is 6.92 Å². The van der Waals surface area contributed by atoms with E-state index in [0.29, 0.717) is 79.5 Å². The van der Waals surface area contributed by atoms with Crippen LogP contribution in [0.2, 0.25) is 10.2 Å². The standard InChI is InChI=1S/C18H17NO3.C17H29NO3S.C14H13F3N2O4S.C6H4Cl2N2O2/c1-2-21-17(20)16-13-18(22-19-16,14-9-5-3-6-10-14)15-11-7-4-8-12-15;1-5-8-14(18-21-6-2)17-15(19)10-13(11-16(17)20)9-12(4)22-7-3;1-7-11(13(21)19(2)18-7)12(20)9-5-4-8(14(15,16)17)6-10(9)24(3,22)23;7-3-1-2(9)4(8)5(10-3)6(11)12/h3-12H,2,13H2,1H3;12-13,19H,5-11H2,1-4H3;4-6,18H,1-3H3;1H,(H2,9,10)(H,11,12)/b;18-14+;;. The lowest BCUT2D eigenvalue weighted by molar-refractivity contribution is -0.138. The Kier molecular flexibility index (Phi) is 24.2. The van der Waals surface area contributed by atoms with Crippen molar-refractivity contribution in [1.29, 1.82) is 0 Å². The molecule has 80 heavy (non-hydrogen) atoms. The molecule has 0 fully saturated rings. The number of aliphatic hydroxyl groups excluding tert-OH is 1. The highest BCUT2D eigenvalue weighted by Crippen LogP contribution is 2.41. The van der Waals surface area contributed by atoms with Crippen molar-refractivity contribution in [2.45, 2.75) is 102 Å². The summed E-state index contributed by atoms with van der Waals surface area (Å²) in [6, 6.07) is 22.7. The highest BCUT2D eigenvalue weighted by Gasteiger charge is 2.45. The number of hydrogen-bond donors (Lipinski definition) is 4. The van der Waals surface area contributed by atoms with Gasteiger partial charge < -0.3 is 30.4 Å². The van der Waals surface area contributed by atoms with E-state index in [0.717, 1.165) is 40.5 Å². The number of esters is 1. The lowest BCUT2D eigenvalue weighted by Gasteiger charge is -2.27. The molecule has 432 valence electrons. The molecule has 0 saturated heterocycles. The van der Waals surface area contributed by atoms with Crippen LogP contribution in [0, 0.1) is 12.8 Å². The van der Waals surface area contributed by atoms with Gasteiger partial charge in [0, 0.05) is 53.8 Å². The lowest BCUT2D eigenvalue weighted by Crippen LogP contribution is -2.29. The van der Waals surface area contributed by atoms with Gasteiger partial charge in [-0.1, -0.05) is 121 Å². The Morgan fingerprint density at radius 2 is 1.60 bits per heavy atom. The van der Waals surface area contributed by atoms with Crippen molar-refractivity contribution in [3.05, 3.63) is 156 Å². The van der Waals surface area contributed by atoms with Crippen molar-refractivity contribution in [3.8, 4) is 0 Å². The Labute approximate surface area is 475 Å². The molecule has 7 rings (SSSR count). The number of anilines is 1. The van der Waals surface area contributed by atoms with Crippen molar-refractivity contribution in [3.63, 3.8) is 0 Å². The number of nitrogens with two attached hydrogens (primary N) is 1.